The first-order valence-corrected chi connectivity index (χ1v) is 10.8. The average molecular weight is 474 g/mol. The molecule has 1 unspecified atom stereocenters. The van der Waals surface area contributed by atoms with Crippen LogP contribution < -0.4 is 10.9 Å². The summed E-state index contributed by atoms with van der Waals surface area (Å²) in [5.74, 6) is -1.73. The fourth-order valence-electron chi connectivity index (χ4n) is 3.90. The Morgan fingerprint density at radius 3 is 2.43 bits per heavy atom. The number of aryl methyl sites for hydroxylation is 1. The second-order valence-electron chi connectivity index (χ2n) is 8.01. The zero-order valence-electron chi connectivity index (χ0n) is 18.8. The normalized spacial score (nSPS) is 12.1. The highest BCUT2D eigenvalue weighted by Gasteiger charge is 2.26. The van der Waals surface area contributed by atoms with Gasteiger partial charge in [0.2, 0.25) is 5.91 Å². The molecule has 1 N–H and O–H groups in total. The number of aromatic nitrogens is 5. The first-order chi connectivity index (χ1) is 16.8. The van der Waals surface area contributed by atoms with Crippen LogP contribution in [0.4, 0.5) is 14.5 Å². The number of hydrogen-bond donors (Lipinski definition) is 1. The van der Waals surface area contributed by atoms with Crippen LogP contribution >= 0.6 is 0 Å². The highest BCUT2D eigenvalue weighted by Crippen LogP contribution is 2.25. The van der Waals surface area contributed by atoms with Gasteiger partial charge >= 0.3 is 0 Å². The largest absolute Gasteiger partial charge is 0.322 e. The number of nitrogens with one attached hydrogen (secondary N) is 1. The van der Waals surface area contributed by atoms with Gasteiger partial charge in [-0.05, 0) is 50.2 Å². The molecule has 0 aliphatic carbocycles. The van der Waals surface area contributed by atoms with E-state index in [4.69, 9.17) is 0 Å². The molecule has 2 aromatic carbocycles. The predicted molar refractivity (Wildman–Crippen MR) is 127 cm³/mol. The first-order valence-electron chi connectivity index (χ1n) is 10.8. The predicted octanol–water partition coefficient (Wildman–Crippen LogP) is 4.16. The maximum atomic E-state index is 14.0. The molecule has 0 aliphatic rings. The molecule has 3 heterocycles. The standard InChI is InChI=1S/C25H20F2N6O2/c1-15-22-21(24(31-12-6-7-13-31)33(30-22)18-8-4-3-5-9-18)25(35)32(29-15)16(2)23(34)28-20-14-17(26)10-11-19(20)27/h3-14,16H,1-2H3,(H,28,34). The number of halogens is 2. The van der Waals surface area contributed by atoms with E-state index in [0.29, 0.717) is 17.0 Å². The lowest BCUT2D eigenvalue weighted by Gasteiger charge is -2.15. The molecule has 0 saturated heterocycles. The fourth-order valence-corrected chi connectivity index (χ4v) is 3.90. The van der Waals surface area contributed by atoms with Gasteiger partial charge in [0.1, 0.15) is 28.6 Å². The van der Waals surface area contributed by atoms with E-state index in [1.54, 1.807) is 28.6 Å². The van der Waals surface area contributed by atoms with Crippen LogP contribution in [0.2, 0.25) is 0 Å². The van der Waals surface area contributed by atoms with Crippen molar-refractivity contribution >= 4 is 22.5 Å². The van der Waals surface area contributed by atoms with Crippen molar-refractivity contribution in [3.8, 4) is 11.5 Å². The smallest absolute Gasteiger partial charge is 0.280 e. The van der Waals surface area contributed by atoms with E-state index >= 15 is 0 Å². The van der Waals surface area contributed by atoms with E-state index in [1.807, 2.05) is 42.5 Å². The number of nitrogens with zero attached hydrogens (tertiary/aromatic N) is 5. The minimum absolute atomic E-state index is 0.272. The van der Waals surface area contributed by atoms with Crippen LogP contribution in [0.3, 0.4) is 0 Å². The van der Waals surface area contributed by atoms with Crippen molar-refractivity contribution < 1.29 is 13.6 Å². The second kappa shape index (κ2) is 8.64. The molecule has 0 bridgehead atoms. The maximum Gasteiger partial charge on any atom is 0.280 e. The Morgan fingerprint density at radius 2 is 1.71 bits per heavy atom. The zero-order valence-corrected chi connectivity index (χ0v) is 18.8. The molecule has 8 nitrogen and oxygen atoms in total. The van der Waals surface area contributed by atoms with Crippen molar-refractivity contribution in [1.82, 2.24) is 24.1 Å². The van der Waals surface area contributed by atoms with Crippen LogP contribution in [0, 0.1) is 18.6 Å². The van der Waals surface area contributed by atoms with Gasteiger partial charge in [-0.25, -0.2) is 18.1 Å². The van der Waals surface area contributed by atoms with Gasteiger partial charge in [-0.1, -0.05) is 18.2 Å². The summed E-state index contributed by atoms with van der Waals surface area (Å²) < 4.78 is 32.0. The summed E-state index contributed by atoms with van der Waals surface area (Å²) in [4.78, 5) is 26.6. The van der Waals surface area contributed by atoms with Crippen molar-refractivity contribution in [1.29, 1.82) is 0 Å². The summed E-state index contributed by atoms with van der Waals surface area (Å²) in [5, 5.41) is 11.6. The number of benzene rings is 2. The van der Waals surface area contributed by atoms with Gasteiger partial charge in [0.15, 0.2) is 5.82 Å². The van der Waals surface area contributed by atoms with Gasteiger partial charge in [-0.3, -0.25) is 9.59 Å². The molecule has 1 atom stereocenters. The van der Waals surface area contributed by atoms with Gasteiger partial charge in [0, 0.05) is 18.5 Å². The van der Waals surface area contributed by atoms with Gasteiger partial charge in [0.25, 0.3) is 5.56 Å². The van der Waals surface area contributed by atoms with Crippen LogP contribution in [-0.2, 0) is 4.79 Å². The highest BCUT2D eigenvalue weighted by atomic mass is 19.1. The number of carbonyl (C=O) groups excluding carboxylic acids is 1. The molecule has 176 valence electrons. The summed E-state index contributed by atoms with van der Waals surface area (Å²) >= 11 is 0. The van der Waals surface area contributed by atoms with Crippen LogP contribution in [0.25, 0.3) is 22.4 Å². The number of rotatable bonds is 5. The van der Waals surface area contributed by atoms with Gasteiger partial charge in [-0.15, -0.1) is 0 Å². The summed E-state index contributed by atoms with van der Waals surface area (Å²) in [6.45, 7) is 3.15. The summed E-state index contributed by atoms with van der Waals surface area (Å²) in [7, 11) is 0. The fraction of sp³-hybridized carbons (Fsp3) is 0.120. The maximum absolute atomic E-state index is 14.0. The Hall–Kier alpha value is -4.60. The third-order valence-electron chi connectivity index (χ3n) is 5.67. The molecule has 3 aromatic heterocycles. The lowest BCUT2D eigenvalue weighted by molar-refractivity contribution is -0.119. The van der Waals surface area contributed by atoms with Crippen molar-refractivity contribution in [2.75, 3.05) is 5.32 Å². The molecule has 0 aliphatic heterocycles. The third-order valence-corrected chi connectivity index (χ3v) is 5.67. The Balaban J connectivity index is 1.66. The van der Waals surface area contributed by atoms with Crippen LogP contribution in [0.15, 0.2) is 77.9 Å². The van der Waals surface area contributed by atoms with Crippen LogP contribution in [0.1, 0.15) is 18.7 Å². The van der Waals surface area contributed by atoms with Crippen LogP contribution in [-0.4, -0.2) is 30.0 Å². The minimum atomic E-state index is -1.12. The van der Waals surface area contributed by atoms with Gasteiger partial charge in [-0.2, -0.15) is 10.2 Å². The molecule has 35 heavy (non-hydrogen) atoms. The number of fused-ring (bicyclic) bond motifs is 1. The molecule has 1 amide bonds. The quantitative estimate of drug-likeness (QED) is 0.415. The van der Waals surface area contributed by atoms with Crippen molar-refractivity contribution in [2.24, 2.45) is 0 Å². The number of carbonyl (C=O) groups is 1. The van der Waals surface area contributed by atoms with Crippen molar-refractivity contribution in [3.63, 3.8) is 0 Å². The Labute approximate surface area is 198 Å². The summed E-state index contributed by atoms with van der Waals surface area (Å²) in [6.07, 6.45) is 3.58. The van der Waals surface area contributed by atoms with E-state index in [9.17, 15) is 18.4 Å². The summed E-state index contributed by atoms with van der Waals surface area (Å²) in [6, 6.07) is 14.6. The highest BCUT2D eigenvalue weighted by molar-refractivity contribution is 5.94. The number of anilines is 1. The van der Waals surface area contributed by atoms with E-state index in [2.05, 4.69) is 15.5 Å². The second-order valence-corrected chi connectivity index (χ2v) is 8.01. The van der Waals surface area contributed by atoms with Crippen molar-refractivity contribution in [3.05, 3.63) is 101 Å². The molecule has 5 aromatic rings. The molecule has 10 heteroatoms. The van der Waals surface area contributed by atoms with Crippen LogP contribution in [0.5, 0.6) is 0 Å². The number of para-hydroxylation sites is 1. The topological polar surface area (TPSA) is 86.7 Å². The molecular formula is C25H20F2N6O2. The Bertz CT molecular complexity index is 1610. The minimum Gasteiger partial charge on any atom is -0.322 e. The van der Waals surface area contributed by atoms with E-state index in [-0.39, 0.29) is 11.1 Å². The zero-order chi connectivity index (χ0) is 24.7. The molecule has 0 spiro atoms. The molecule has 0 radical (unpaired) electrons. The molecule has 0 saturated carbocycles. The molecule has 5 rings (SSSR count). The number of amides is 1. The lowest BCUT2D eigenvalue weighted by Crippen LogP contribution is -2.34. The Kier molecular flexibility index (Phi) is 5.48. The molecule has 0 fully saturated rings. The lowest BCUT2D eigenvalue weighted by atomic mass is 10.2. The van der Waals surface area contributed by atoms with Gasteiger partial charge < -0.3 is 9.88 Å². The van der Waals surface area contributed by atoms with E-state index in [0.717, 1.165) is 28.6 Å². The average Bonchev–Trinajstić information content (AvgIpc) is 3.52. The SMILES string of the molecule is Cc1nn(C(C)C(=O)Nc2cc(F)ccc2F)c(=O)c2c(-n3cccc3)n(-c3ccccc3)nc12. The summed E-state index contributed by atoms with van der Waals surface area (Å²) in [5.41, 5.74) is 0.698. The number of hydrogen-bond acceptors (Lipinski definition) is 4. The van der Waals surface area contributed by atoms with Gasteiger partial charge in [0.05, 0.1) is 17.1 Å². The van der Waals surface area contributed by atoms with Crippen molar-refractivity contribution in [2.45, 2.75) is 19.9 Å². The molecular weight excluding hydrogens is 454 g/mol. The monoisotopic (exact) mass is 474 g/mol. The first kappa shape index (κ1) is 22.2. The van der Waals surface area contributed by atoms with E-state index < -0.39 is 29.1 Å². The third kappa shape index (κ3) is 3.88. The van der Waals surface area contributed by atoms with E-state index in [1.165, 1.54) is 6.92 Å². The Morgan fingerprint density at radius 1 is 1.00 bits per heavy atom.